The van der Waals surface area contributed by atoms with Crippen LogP contribution in [0.15, 0.2) is 203 Å². The average molecular weight is 1700 g/mol. The summed E-state index contributed by atoms with van der Waals surface area (Å²) in [6, 6.07) is 29.1. The van der Waals surface area contributed by atoms with Crippen LogP contribution in [0.4, 0.5) is 22.7 Å². The fraction of sp³-hybridized carbons (Fsp3) is 0.284. The van der Waals surface area contributed by atoms with E-state index in [2.05, 4.69) is 275 Å². The summed E-state index contributed by atoms with van der Waals surface area (Å²) < 4.78 is 69.3. The Kier molecular flexibility index (Phi) is 19.6. The molecular formula is C95H99N19O10S+2. The number of rotatable bonds is 6. The lowest BCUT2D eigenvalue weighted by atomic mass is 10.1. The van der Waals surface area contributed by atoms with Crippen LogP contribution in [0.1, 0.15) is 96.4 Å². The minimum Gasteiger partial charge on any atom is -0.437 e. The molecule has 4 atom stereocenters. The molecule has 6 aromatic carbocycles. The Morgan fingerprint density at radius 1 is 0.336 bits per heavy atom. The molecule has 125 heavy (non-hydrogen) atoms. The molecular weight excluding hydrogens is 1600 g/mol. The smallest absolute Gasteiger partial charge is 0.319 e. The number of aryl methyl sites for hydroxylation is 15. The Labute approximate surface area is 722 Å². The number of thiophene rings is 1. The highest BCUT2D eigenvalue weighted by Crippen LogP contribution is 2.47. The van der Waals surface area contributed by atoms with Gasteiger partial charge in [-0.05, 0) is 140 Å². The second-order valence-corrected chi connectivity index (χ2v) is 33.8. The number of benzene rings is 6. The van der Waals surface area contributed by atoms with Crippen LogP contribution in [0.2, 0.25) is 0 Å². The number of furan rings is 5. The zero-order valence-electron chi connectivity index (χ0n) is 74.3. The van der Waals surface area contributed by atoms with Crippen molar-refractivity contribution in [1.82, 2.24) is 63.4 Å². The van der Waals surface area contributed by atoms with Crippen LogP contribution in [-0.4, -0.2) is 116 Å². The van der Waals surface area contributed by atoms with E-state index in [1.807, 2.05) is 136 Å². The molecule has 0 aliphatic carbocycles. The van der Waals surface area contributed by atoms with Crippen LogP contribution in [-0.2, 0) is 21.1 Å². The number of aromatic nitrogens is 11. The first-order valence-electron chi connectivity index (χ1n) is 41.6. The molecule has 30 heteroatoms. The highest BCUT2D eigenvalue weighted by molar-refractivity contribution is 7.25. The second kappa shape index (κ2) is 30.6. The number of hydrogen-bond donors (Lipinski definition) is 0. The fourth-order valence-electron chi connectivity index (χ4n) is 17.1. The van der Waals surface area contributed by atoms with Crippen LogP contribution in [0.5, 0.6) is 0 Å². The largest absolute Gasteiger partial charge is 0.437 e. The van der Waals surface area contributed by atoms with Crippen molar-refractivity contribution >= 4 is 166 Å². The van der Waals surface area contributed by atoms with Gasteiger partial charge < -0.3 is 87.9 Å². The normalized spacial score (nSPS) is 16.3. The molecule has 29 nitrogen and oxygen atoms in total. The van der Waals surface area contributed by atoms with E-state index < -0.39 is 0 Å². The molecule has 24 rings (SSSR count). The fourth-order valence-corrected chi connectivity index (χ4v) is 18.3. The van der Waals surface area contributed by atoms with Gasteiger partial charge in [0.15, 0.2) is 95.0 Å². The standard InChI is InChI=1S/C17H20N4O.2C16H17N3O2.C16H17N3OS.2C15H14N3O2/c1-10-6-7-13-14-17(20(5)11(2)18-14)22-16(13)15(10)21-9-8-19(4)12(21)3;1-9-5-6-12-13-16(20-10(2)17-13)21-15(12)14(9)19-8-7-18(4)11(19)3;1-9-5-6-12-14(21-16-15(12)20-10(2)17-16)13(9)19-8-7-18(4)11(19)3;1-9-5-6-12-13-16(20-10(2)17-13)21-15(12)14(9)19-8-7-18(4)11(19)3;1-9-5-6-11-13(12(9)18-8-4-7-17(18)3)20-15-14(11)19-10(2)16-15;1-9-7-11-13(20-15-14(11)16-10(2)19-15)8-12(9)18-6-4-5-17(18)3/h6-9,12H,1-5H3;3*5-8,11H,1-4H3;2*4-8H,1-3H3/q;;;;2*+1/t12-;3*11-;;/m0000../s1. The van der Waals surface area contributed by atoms with Gasteiger partial charge in [-0.15, -0.1) is 18.7 Å². The van der Waals surface area contributed by atoms with Crippen molar-refractivity contribution in [1.29, 1.82) is 0 Å². The third-order valence-electron chi connectivity index (χ3n) is 24.5. The molecule has 0 amide bonds. The molecule has 638 valence electrons. The van der Waals surface area contributed by atoms with E-state index in [0.717, 1.165) is 144 Å². The lowest BCUT2D eigenvalue weighted by Gasteiger charge is -2.28. The third kappa shape index (κ3) is 13.5. The van der Waals surface area contributed by atoms with Crippen molar-refractivity contribution in [2.24, 2.45) is 21.1 Å². The first-order valence-corrected chi connectivity index (χ1v) is 42.4. The predicted molar refractivity (Wildman–Crippen MR) is 488 cm³/mol. The van der Waals surface area contributed by atoms with Crippen LogP contribution in [0.3, 0.4) is 0 Å². The molecule has 0 saturated carbocycles. The van der Waals surface area contributed by atoms with E-state index in [9.17, 15) is 0 Å². The van der Waals surface area contributed by atoms with E-state index in [1.54, 1.807) is 11.3 Å². The molecule has 0 N–H and O–H groups in total. The van der Waals surface area contributed by atoms with Gasteiger partial charge >= 0.3 is 11.6 Å². The van der Waals surface area contributed by atoms with E-state index in [0.29, 0.717) is 58.3 Å². The van der Waals surface area contributed by atoms with E-state index in [1.165, 1.54) is 38.0 Å². The molecule has 4 aliphatic rings. The summed E-state index contributed by atoms with van der Waals surface area (Å²) in [6.07, 6.45) is 25.9. The Morgan fingerprint density at radius 3 is 1.22 bits per heavy atom. The molecule has 0 saturated heterocycles. The van der Waals surface area contributed by atoms with Crippen LogP contribution in [0, 0.1) is 83.1 Å². The number of nitrogens with zero attached hydrogens (tertiary/aromatic N) is 19. The first kappa shape index (κ1) is 80.3. The SMILES string of the molecule is Cc1ccc2c(oc3c2nc(C)n3C)c1N1C=CN(C)[C@@H]1C.Cc1nc2c(o1)oc1c(N3C=CN(C)[C@@H]3C)c(C)ccc12.Cc1nc2c(o1)oc1cc(-n3ccc[n+]3C)c(C)cc12.Cc1nc2c(o1)sc1c(N3C=CN(C)[C@@H]3C)c(C)ccc12.Cc1nc2oc3c(-n4ccc[n+]4C)c(C)ccc3c2o1.Cc1nc2oc3c(N4C=CN(C)[C@@H]4C)c(C)ccc3c2o1. The van der Waals surface area contributed by atoms with E-state index >= 15 is 0 Å². The average Bonchev–Trinajstić information content (AvgIpc) is 1.58. The van der Waals surface area contributed by atoms with Crippen LogP contribution < -0.4 is 29.0 Å². The third-order valence-corrected chi connectivity index (χ3v) is 25.6. The molecule has 0 spiro atoms. The molecule has 18 heterocycles. The predicted octanol–water partition coefficient (Wildman–Crippen LogP) is 20.9. The van der Waals surface area contributed by atoms with Crippen molar-refractivity contribution in [3.05, 3.63) is 228 Å². The maximum Gasteiger partial charge on any atom is 0.319 e. The van der Waals surface area contributed by atoms with Crippen molar-refractivity contribution in [2.75, 3.05) is 47.8 Å². The van der Waals surface area contributed by atoms with Gasteiger partial charge in [0.05, 0.1) is 66.8 Å². The van der Waals surface area contributed by atoms with Crippen molar-refractivity contribution in [3.8, 4) is 11.4 Å². The summed E-state index contributed by atoms with van der Waals surface area (Å²) in [4.78, 5) is 45.2. The van der Waals surface area contributed by atoms with Gasteiger partial charge in [0.2, 0.25) is 21.8 Å². The lowest BCUT2D eigenvalue weighted by molar-refractivity contribution is -0.744. The molecule has 0 unspecified atom stereocenters. The highest BCUT2D eigenvalue weighted by Gasteiger charge is 2.33. The van der Waals surface area contributed by atoms with Crippen molar-refractivity contribution < 1.29 is 53.5 Å². The van der Waals surface area contributed by atoms with Gasteiger partial charge in [-0.3, -0.25) is 0 Å². The second-order valence-electron chi connectivity index (χ2n) is 32.8. The van der Waals surface area contributed by atoms with Gasteiger partial charge in [0, 0.05) is 143 Å². The van der Waals surface area contributed by atoms with Gasteiger partial charge in [-0.25, -0.2) is 19.9 Å². The first-order chi connectivity index (χ1) is 59.9. The molecule has 14 aromatic heterocycles. The van der Waals surface area contributed by atoms with Gasteiger partial charge in [0.25, 0.3) is 11.4 Å². The minimum absolute atomic E-state index is 0.250. The summed E-state index contributed by atoms with van der Waals surface area (Å²) in [6.45, 7) is 32.5. The number of anilines is 4. The molecule has 4 aliphatic heterocycles. The zero-order chi connectivity index (χ0) is 87.5. The maximum atomic E-state index is 6.22. The Hall–Kier alpha value is -14.4. The number of imidazole rings is 1. The van der Waals surface area contributed by atoms with Crippen LogP contribution in [0.25, 0.3) is 143 Å². The monoisotopic (exact) mass is 1700 g/mol. The number of fused-ring (bicyclic) bond motifs is 18. The summed E-state index contributed by atoms with van der Waals surface area (Å²) in [5.41, 5.74) is 24.9. The van der Waals surface area contributed by atoms with Gasteiger partial charge in [-0.1, -0.05) is 47.7 Å². The Morgan fingerprint density at radius 2 is 0.736 bits per heavy atom. The lowest BCUT2D eigenvalue weighted by Crippen LogP contribution is -2.37. The summed E-state index contributed by atoms with van der Waals surface area (Å²) >= 11 is 1.69. The van der Waals surface area contributed by atoms with Crippen molar-refractivity contribution in [3.63, 3.8) is 0 Å². The summed E-state index contributed by atoms with van der Waals surface area (Å²) in [5.74, 6) is 5.18. The highest BCUT2D eigenvalue weighted by atomic mass is 32.1. The number of oxazole rings is 5. The van der Waals surface area contributed by atoms with E-state index in [4.69, 9.17) is 44.2 Å². The van der Waals surface area contributed by atoms with Crippen molar-refractivity contribution in [2.45, 2.75) is 135 Å². The Balaban J connectivity index is 0.0000000982. The molecule has 20 aromatic rings. The molecule has 0 bridgehead atoms. The minimum atomic E-state index is 0.250. The summed E-state index contributed by atoms with van der Waals surface area (Å²) in [7, 11) is 14.3. The molecule has 0 fully saturated rings. The quantitative estimate of drug-likeness (QED) is 0.140. The summed E-state index contributed by atoms with van der Waals surface area (Å²) in [5, 5.41) is 6.18. The van der Waals surface area contributed by atoms with Crippen LogP contribution >= 0.6 is 11.3 Å². The molecule has 0 radical (unpaired) electrons. The maximum absolute atomic E-state index is 6.22. The van der Waals surface area contributed by atoms with E-state index in [-0.39, 0.29) is 18.5 Å². The Bertz CT molecular complexity index is 7420. The topological polar surface area (TPSA) is 257 Å². The number of hydrogen-bond acceptors (Lipinski definition) is 25. The van der Waals surface area contributed by atoms with Gasteiger partial charge in [-0.2, -0.15) is 9.97 Å². The van der Waals surface area contributed by atoms with Gasteiger partial charge in [0.1, 0.15) is 52.8 Å². The zero-order valence-corrected chi connectivity index (χ0v) is 75.1.